The summed E-state index contributed by atoms with van der Waals surface area (Å²) in [5.41, 5.74) is 0.240. The van der Waals surface area contributed by atoms with Gasteiger partial charge in [-0.1, -0.05) is 0 Å². The van der Waals surface area contributed by atoms with E-state index in [0.717, 1.165) is 0 Å². The first-order valence-corrected chi connectivity index (χ1v) is 5.74. The second-order valence-corrected chi connectivity index (χ2v) is 4.59. The summed E-state index contributed by atoms with van der Waals surface area (Å²) in [5.74, 6) is -0.884. The number of rotatable bonds is 4. The third kappa shape index (κ3) is 3.21. The topological polar surface area (TPSA) is 65.0 Å². The Hall–Kier alpha value is -1.59. The molecule has 98 valence electrons. The fourth-order valence-electron chi connectivity index (χ4n) is 1.73. The first kappa shape index (κ1) is 12.9. The van der Waals surface area contributed by atoms with E-state index in [1.807, 2.05) is 13.8 Å². The van der Waals surface area contributed by atoms with Crippen LogP contribution in [-0.4, -0.2) is 36.2 Å². The molecular formula is C13H16O5. The molecule has 0 saturated carbocycles. The van der Waals surface area contributed by atoms with Crippen molar-refractivity contribution in [3.63, 3.8) is 0 Å². The number of carbonyl (C=O) groups is 1. The number of carboxylic acid groups (broad SMARTS) is 1. The van der Waals surface area contributed by atoms with E-state index in [1.54, 1.807) is 12.1 Å². The molecule has 1 saturated heterocycles. The summed E-state index contributed by atoms with van der Waals surface area (Å²) in [7, 11) is 0. The van der Waals surface area contributed by atoms with Gasteiger partial charge in [-0.2, -0.15) is 0 Å². The predicted octanol–water partition coefficient (Wildman–Crippen LogP) is 1.92. The zero-order valence-electron chi connectivity index (χ0n) is 10.4. The minimum absolute atomic E-state index is 0.0980. The summed E-state index contributed by atoms with van der Waals surface area (Å²) in [6, 6.07) is 6.27. The Kier molecular flexibility index (Phi) is 3.54. The van der Waals surface area contributed by atoms with Gasteiger partial charge in [0.1, 0.15) is 18.5 Å². The van der Waals surface area contributed by atoms with Crippen molar-refractivity contribution in [1.82, 2.24) is 0 Å². The fourth-order valence-corrected chi connectivity index (χ4v) is 1.73. The Labute approximate surface area is 105 Å². The van der Waals surface area contributed by atoms with Crippen LogP contribution in [0.15, 0.2) is 24.3 Å². The molecule has 1 aliphatic rings. The largest absolute Gasteiger partial charge is 0.491 e. The Bertz CT molecular complexity index is 424. The maximum absolute atomic E-state index is 10.7. The molecular weight excluding hydrogens is 236 g/mol. The number of aromatic carboxylic acids is 1. The molecule has 18 heavy (non-hydrogen) atoms. The van der Waals surface area contributed by atoms with Crippen molar-refractivity contribution in [2.75, 3.05) is 13.2 Å². The van der Waals surface area contributed by atoms with Gasteiger partial charge in [0.2, 0.25) is 0 Å². The number of benzene rings is 1. The van der Waals surface area contributed by atoms with Crippen LogP contribution in [0.3, 0.4) is 0 Å². The number of carboxylic acids is 1. The molecule has 0 bridgehead atoms. The molecule has 0 unspecified atom stereocenters. The standard InChI is InChI=1S/C13H16O5/c1-13(2)17-8-11(18-13)7-16-10-5-3-9(4-6-10)12(14)15/h3-6,11H,7-8H2,1-2H3,(H,14,15)/t11-/m1/s1. The SMILES string of the molecule is CC1(C)OC[C@@H](COc2ccc(C(=O)O)cc2)O1. The lowest BCUT2D eigenvalue weighted by atomic mass is 10.2. The maximum atomic E-state index is 10.7. The molecule has 0 spiro atoms. The van der Waals surface area contributed by atoms with Gasteiger partial charge in [0.25, 0.3) is 0 Å². The lowest BCUT2D eigenvalue weighted by Crippen LogP contribution is -2.25. The first-order chi connectivity index (χ1) is 8.46. The quantitative estimate of drug-likeness (QED) is 0.886. The lowest BCUT2D eigenvalue weighted by molar-refractivity contribution is -0.141. The second kappa shape index (κ2) is 4.96. The minimum atomic E-state index is -0.948. The zero-order chi connectivity index (χ0) is 13.2. The molecule has 1 aromatic rings. The van der Waals surface area contributed by atoms with E-state index < -0.39 is 11.8 Å². The highest BCUT2D eigenvalue weighted by atomic mass is 16.7. The monoisotopic (exact) mass is 252 g/mol. The highest BCUT2D eigenvalue weighted by Crippen LogP contribution is 2.23. The molecule has 1 aliphatic heterocycles. The Morgan fingerprint density at radius 1 is 1.44 bits per heavy atom. The van der Waals surface area contributed by atoms with Crippen LogP contribution in [0.1, 0.15) is 24.2 Å². The van der Waals surface area contributed by atoms with E-state index in [9.17, 15) is 4.79 Å². The molecule has 1 heterocycles. The average Bonchev–Trinajstić information content (AvgIpc) is 2.67. The number of ether oxygens (including phenoxy) is 3. The van der Waals surface area contributed by atoms with Crippen molar-refractivity contribution in [3.05, 3.63) is 29.8 Å². The smallest absolute Gasteiger partial charge is 0.335 e. The van der Waals surface area contributed by atoms with Crippen LogP contribution in [0.2, 0.25) is 0 Å². The van der Waals surface area contributed by atoms with Gasteiger partial charge >= 0.3 is 5.97 Å². The van der Waals surface area contributed by atoms with E-state index in [1.165, 1.54) is 12.1 Å². The predicted molar refractivity (Wildman–Crippen MR) is 63.8 cm³/mol. The summed E-state index contributed by atoms with van der Waals surface area (Å²) in [4.78, 5) is 10.7. The van der Waals surface area contributed by atoms with Gasteiger partial charge in [-0.05, 0) is 38.1 Å². The van der Waals surface area contributed by atoms with Crippen LogP contribution in [0.4, 0.5) is 0 Å². The average molecular weight is 252 g/mol. The van der Waals surface area contributed by atoms with Crippen LogP contribution in [0, 0.1) is 0 Å². The summed E-state index contributed by atoms with van der Waals surface area (Å²) in [6.07, 6.45) is -0.0980. The third-order valence-electron chi connectivity index (χ3n) is 2.60. The van der Waals surface area contributed by atoms with Crippen LogP contribution in [0.5, 0.6) is 5.75 Å². The van der Waals surface area contributed by atoms with Crippen LogP contribution < -0.4 is 4.74 Å². The first-order valence-electron chi connectivity index (χ1n) is 5.74. The van der Waals surface area contributed by atoms with Crippen LogP contribution in [-0.2, 0) is 9.47 Å². The highest BCUT2D eigenvalue weighted by molar-refractivity contribution is 5.87. The van der Waals surface area contributed by atoms with Crippen LogP contribution >= 0.6 is 0 Å². The fraction of sp³-hybridized carbons (Fsp3) is 0.462. The van der Waals surface area contributed by atoms with Crippen molar-refractivity contribution in [2.24, 2.45) is 0 Å². The van der Waals surface area contributed by atoms with Gasteiger partial charge in [-0.3, -0.25) is 0 Å². The molecule has 1 N–H and O–H groups in total. The molecule has 0 amide bonds. The third-order valence-corrected chi connectivity index (χ3v) is 2.60. The molecule has 1 aromatic carbocycles. The van der Waals surface area contributed by atoms with Crippen molar-refractivity contribution < 1.29 is 24.1 Å². The highest BCUT2D eigenvalue weighted by Gasteiger charge is 2.32. The van der Waals surface area contributed by atoms with Gasteiger partial charge in [0, 0.05) is 0 Å². The molecule has 0 aliphatic carbocycles. The summed E-state index contributed by atoms with van der Waals surface area (Å²) in [6.45, 7) is 4.60. The molecule has 2 rings (SSSR count). The molecule has 1 fully saturated rings. The molecule has 0 aromatic heterocycles. The van der Waals surface area contributed by atoms with Crippen molar-refractivity contribution in [2.45, 2.75) is 25.7 Å². The number of hydrogen-bond acceptors (Lipinski definition) is 4. The lowest BCUT2D eigenvalue weighted by Gasteiger charge is -2.17. The second-order valence-electron chi connectivity index (χ2n) is 4.59. The van der Waals surface area contributed by atoms with Crippen molar-refractivity contribution >= 4 is 5.97 Å². The van der Waals surface area contributed by atoms with Crippen LogP contribution in [0.25, 0.3) is 0 Å². The molecule has 5 heteroatoms. The Morgan fingerprint density at radius 2 is 2.11 bits per heavy atom. The maximum Gasteiger partial charge on any atom is 0.335 e. The van der Waals surface area contributed by atoms with Crippen molar-refractivity contribution in [1.29, 1.82) is 0 Å². The Balaban J connectivity index is 1.85. The normalized spacial score (nSPS) is 21.8. The van der Waals surface area contributed by atoms with E-state index in [0.29, 0.717) is 19.0 Å². The molecule has 0 radical (unpaired) electrons. The van der Waals surface area contributed by atoms with E-state index in [2.05, 4.69) is 0 Å². The van der Waals surface area contributed by atoms with E-state index in [-0.39, 0.29) is 11.7 Å². The van der Waals surface area contributed by atoms with Gasteiger partial charge in [0.15, 0.2) is 5.79 Å². The van der Waals surface area contributed by atoms with Gasteiger partial charge in [-0.25, -0.2) is 4.79 Å². The minimum Gasteiger partial charge on any atom is -0.491 e. The summed E-state index contributed by atoms with van der Waals surface area (Å²) in [5, 5.41) is 8.76. The van der Waals surface area contributed by atoms with Gasteiger partial charge < -0.3 is 19.3 Å². The Morgan fingerprint density at radius 3 is 2.61 bits per heavy atom. The zero-order valence-corrected chi connectivity index (χ0v) is 10.4. The molecule has 1 atom stereocenters. The summed E-state index contributed by atoms with van der Waals surface area (Å²) >= 11 is 0. The molecule has 5 nitrogen and oxygen atoms in total. The van der Waals surface area contributed by atoms with Gasteiger partial charge in [-0.15, -0.1) is 0 Å². The van der Waals surface area contributed by atoms with Crippen molar-refractivity contribution in [3.8, 4) is 5.75 Å². The van der Waals surface area contributed by atoms with E-state index in [4.69, 9.17) is 19.3 Å². The van der Waals surface area contributed by atoms with Gasteiger partial charge in [0.05, 0.1) is 12.2 Å². The van der Waals surface area contributed by atoms with E-state index >= 15 is 0 Å². The summed E-state index contributed by atoms with van der Waals surface area (Å²) < 4.78 is 16.5. The number of hydrogen-bond donors (Lipinski definition) is 1.